The Hall–Kier alpha value is -1.66. The van der Waals surface area contributed by atoms with Crippen LogP contribution in [0.3, 0.4) is 0 Å². The maximum atomic E-state index is 10.7. The van der Waals surface area contributed by atoms with Gasteiger partial charge in [-0.1, -0.05) is 12.1 Å². The lowest BCUT2D eigenvalue weighted by molar-refractivity contribution is 0.283. The van der Waals surface area contributed by atoms with Crippen LogP contribution in [0.15, 0.2) is 63.7 Å². The summed E-state index contributed by atoms with van der Waals surface area (Å²) in [6.07, 6.45) is 0. The zero-order chi connectivity index (χ0) is 14.6. The fourth-order valence-corrected chi connectivity index (χ4v) is 1.97. The quantitative estimate of drug-likeness (QED) is 0.454. The number of benzene rings is 2. The van der Waals surface area contributed by atoms with Crippen molar-refractivity contribution in [3.63, 3.8) is 0 Å². The summed E-state index contributed by atoms with van der Waals surface area (Å²) in [7, 11) is -4.54. The molecule has 0 amide bonds. The largest absolute Gasteiger partial charge is 0.524 e. The van der Waals surface area contributed by atoms with Gasteiger partial charge in [0.2, 0.25) is 0 Å². The summed E-state index contributed by atoms with van der Waals surface area (Å²) < 4.78 is 15.1. The van der Waals surface area contributed by atoms with Gasteiger partial charge in [-0.3, -0.25) is 9.79 Å². The maximum absolute atomic E-state index is 10.7. The second-order valence-electron chi connectivity index (χ2n) is 3.76. The molecule has 0 saturated heterocycles. The van der Waals surface area contributed by atoms with Gasteiger partial charge in [0, 0.05) is 4.90 Å². The summed E-state index contributed by atoms with van der Waals surface area (Å²) in [6.45, 7) is 0. The van der Waals surface area contributed by atoms with E-state index in [0.29, 0.717) is 16.3 Å². The number of phosphoric ester groups is 1. The zero-order valence-corrected chi connectivity index (χ0v) is 11.9. The van der Waals surface area contributed by atoms with Crippen molar-refractivity contribution in [1.29, 1.82) is 0 Å². The lowest BCUT2D eigenvalue weighted by Crippen LogP contribution is -1.88. The number of thiol groups is 1. The molecule has 2 rings (SSSR count). The molecule has 0 aliphatic rings. The van der Waals surface area contributed by atoms with E-state index < -0.39 is 7.82 Å². The predicted octanol–water partition coefficient (Wildman–Crippen LogP) is 3.86. The second kappa shape index (κ2) is 6.19. The highest BCUT2D eigenvalue weighted by atomic mass is 32.1. The predicted molar refractivity (Wildman–Crippen MR) is 77.0 cm³/mol. The van der Waals surface area contributed by atoms with Gasteiger partial charge in [-0.05, 0) is 36.4 Å². The van der Waals surface area contributed by atoms with Gasteiger partial charge in [-0.25, -0.2) is 4.57 Å². The van der Waals surface area contributed by atoms with Crippen molar-refractivity contribution in [3.8, 4) is 5.75 Å². The summed E-state index contributed by atoms with van der Waals surface area (Å²) in [5, 5.41) is 8.04. The van der Waals surface area contributed by atoms with E-state index in [1.54, 1.807) is 12.1 Å². The Bertz CT molecular complexity index is 669. The van der Waals surface area contributed by atoms with Gasteiger partial charge in [-0.2, -0.15) is 5.11 Å². The summed E-state index contributed by atoms with van der Waals surface area (Å²) in [4.78, 5) is 18.0. The number of azo groups is 1. The third-order valence-corrected chi connectivity index (χ3v) is 3.04. The van der Waals surface area contributed by atoms with E-state index in [0.717, 1.165) is 0 Å². The summed E-state index contributed by atoms with van der Waals surface area (Å²) in [5.74, 6) is 0.0619. The standard InChI is InChI=1S/C12H11N2O4PS/c15-19(16,17)18-10-7-5-9(6-8-10)13-14-11-3-1-2-4-12(11)20/h1-8,20H,(H2,15,16,17). The van der Waals surface area contributed by atoms with Crippen LogP contribution in [-0.2, 0) is 4.57 Å². The van der Waals surface area contributed by atoms with Gasteiger partial charge in [0.25, 0.3) is 0 Å². The van der Waals surface area contributed by atoms with Crippen molar-refractivity contribution in [1.82, 2.24) is 0 Å². The van der Waals surface area contributed by atoms with Gasteiger partial charge in [0.05, 0.1) is 11.4 Å². The van der Waals surface area contributed by atoms with E-state index in [4.69, 9.17) is 9.79 Å². The van der Waals surface area contributed by atoms with Crippen LogP contribution in [0.4, 0.5) is 11.4 Å². The fraction of sp³-hybridized carbons (Fsp3) is 0. The van der Waals surface area contributed by atoms with Crippen molar-refractivity contribution in [2.45, 2.75) is 4.90 Å². The molecule has 0 saturated carbocycles. The molecule has 20 heavy (non-hydrogen) atoms. The molecule has 2 aromatic carbocycles. The van der Waals surface area contributed by atoms with E-state index in [1.165, 1.54) is 24.3 Å². The Balaban J connectivity index is 2.11. The molecule has 104 valence electrons. The van der Waals surface area contributed by atoms with E-state index in [2.05, 4.69) is 27.4 Å². The van der Waals surface area contributed by atoms with Crippen molar-refractivity contribution in [2.75, 3.05) is 0 Å². The minimum atomic E-state index is -4.54. The first-order chi connectivity index (χ1) is 9.44. The molecule has 2 N–H and O–H groups in total. The first kappa shape index (κ1) is 14.7. The van der Waals surface area contributed by atoms with E-state index in [9.17, 15) is 4.57 Å². The van der Waals surface area contributed by atoms with Crippen LogP contribution in [-0.4, -0.2) is 9.79 Å². The van der Waals surface area contributed by atoms with Crippen LogP contribution in [0.5, 0.6) is 5.75 Å². The fourth-order valence-electron chi connectivity index (χ4n) is 1.37. The average molecular weight is 310 g/mol. The number of phosphoric acid groups is 1. The molecule has 0 unspecified atom stereocenters. The molecular weight excluding hydrogens is 299 g/mol. The molecule has 0 aliphatic heterocycles. The topological polar surface area (TPSA) is 91.5 Å². The Morgan fingerprint density at radius 2 is 1.65 bits per heavy atom. The number of nitrogens with zero attached hydrogens (tertiary/aromatic N) is 2. The first-order valence-corrected chi connectivity index (χ1v) is 7.47. The van der Waals surface area contributed by atoms with E-state index in [-0.39, 0.29) is 5.75 Å². The van der Waals surface area contributed by atoms with Gasteiger partial charge in [0.15, 0.2) is 0 Å². The second-order valence-corrected chi connectivity index (χ2v) is 5.41. The smallest absolute Gasteiger partial charge is 0.404 e. The van der Waals surface area contributed by atoms with Crippen LogP contribution in [0, 0.1) is 0 Å². The van der Waals surface area contributed by atoms with E-state index in [1.807, 2.05) is 12.1 Å². The molecular formula is C12H11N2O4PS. The van der Waals surface area contributed by atoms with Crippen LogP contribution < -0.4 is 4.52 Å². The van der Waals surface area contributed by atoms with Crippen molar-refractivity contribution < 1.29 is 18.9 Å². The summed E-state index contributed by atoms with van der Waals surface area (Å²) >= 11 is 4.25. The third-order valence-electron chi connectivity index (χ3n) is 2.22. The van der Waals surface area contributed by atoms with Crippen molar-refractivity contribution in [2.24, 2.45) is 10.2 Å². The summed E-state index contributed by atoms with van der Waals surface area (Å²) in [5.41, 5.74) is 1.16. The molecule has 0 aliphatic carbocycles. The van der Waals surface area contributed by atoms with Crippen LogP contribution >= 0.6 is 20.5 Å². The molecule has 0 fully saturated rings. The number of rotatable bonds is 4. The Labute approximate surface area is 120 Å². The lowest BCUT2D eigenvalue weighted by atomic mass is 10.3. The molecule has 0 aromatic heterocycles. The Morgan fingerprint density at radius 3 is 2.25 bits per heavy atom. The van der Waals surface area contributed by atoms with Crippen molar-refractivity contribution >= 4 is 31.8 Å². The normalized spacial score (nSPS) is 11.8. The highest BCUT2D eigenvalue weighted by molar-refractivity contribution is 7.80. The van der Waals surface area contributed by atoms with E-state index >= 15 is 0 Å². The molecule has 8 heteroatoms. The SMILES string of the molecule is O=P(O)(O)Oc1ccc(N=Nc2ccccc2S)cc1. The average Bonchev–Trinajstić information content (AvgIpc) is 2.38. The zero-order valence-electron chi connectivity index (χ0n) is 10.1. The third kappa shape index (κ3) is 4.47. The number of hydrogen-bond acceptors (Lipinski definition) is 5. The minimum Gasteiger partial charge on any atom is -0.404 e. The van der Waals surface area contributed by atoms with Crippen LogP contribution in [0.25, 0.3) is 0 Å². The van der Waals surface area contributed by atoms with Gasteiger partial charge in [-0.15, -0.1) is 17.7 Å². The first-order valence-electron chi connectivity index (χ1n) is 5.49. The Kier molecular flexibility index (Phi) is 4.57. The molecule has 0 heterocycles. The molecule has 0 radical (unpaired) electrons. The van der Waals surface area contributed by atoms with Gasteiger partial charge >= 0.3 is 7.82 Å². The van der Waals surface area contributed by atoms with Crippen molar-refractivity contribution in [3.05, 3.63) is 48.5 Å². The van der Waals surface area contributed by atoms with Crippen LogP contribution in [0.2, 0.25) is 0 Å². The van der Waals surface area contributed by atoms with Crippen LogP contribution in [0.1, 0.15) is 0 Å². The Morgan fingerprint density at radius 1 is 1.00 bits per heavy atom. The van der Waals surface area contributed by atoms with Gasteiger partial charge < -0.3 is 4.52 Å². The monoisotopic (exact) mass is 310 g/mol. The molecule has 0 bridgehead atoms. The molecule has 0 spiro atoms. The highest BCUT2D eigenvalue weighted by Gasteiger charge is 2.15. The minimum absolute atomic E-state index is 0.0619. The molecule has 0 atom stereocenters. The van der Waals surface area contributed by atoms with Gasteiger partial charge in [0.1, 0.15) is 5.75 Å². The molecule has 6 nitrogen and oxygen atoms in total. The number of hydrogen-bond donors (Lipinski definition) is 3. The lowest BCUT2D eigenvalue weighted by Gasteiger charge is -2.05. The summed E-state index contributed by atoms with van der Waals surface area (Å²) in [6, 6.07) is 13.1. The highest BCUT2D eigenvalue weighted by Crippen LogP contribution is 2.38. The maximum Gasteiger partial charge on any atom is 0.524 e. The molecule has 2 aromatic rings.